The van der Waals surface area contributed by atoms with Crippen LogP contribution in [0.1, 0.15) is 12.5 Å². The van der Waals surface area contributed by atoms with Crippen molar-refractivity contribution in [3.63, 3.8) is 0 Å². The number of guanidine groups is 1. The number of sulfonamides is 1. The van der Waals surface area contributed by atoms with Gasteiger partial charge in [0.1, 0.15) is 0 Å². The lowest BCUT2D eigenvalue weighted by Crippen LogP contribution is -2.44. The van der Waals surface area contributed by atoms with Crippen LogP contribution in [0.5, 0.6) is 0 Å². The van der Waals surface area contributed by atoms with Crippen molar-refractivity contribution in [1.29, 1.82) is 0 Å². The largest absolute Gasteiger partial charge is 0.370 e. The Bertz CT molecular complexity index is 631. The number of benzene rings is 1. The summed E-state index contributed by atoms with van der Waals surface area (Å²) in [6.07, 6.45) is 1.14. The molecule has 0 saturated carbocycles. The quantitative estimate of drug-likeness (QED) is 0.342. The predicted molar refractivity (Wildman–Crippen MR) is 101 cm³/mol. The van der Waals surface area contributed by atoms with Crippen LogP contribution in [-0.4, -0.2) is 60.4 Å². The van der Waals surface area contributed by atoms with Gasteiger partial charge in [-0.25, -0.2) is 13.1 Å². The summed E-state index contributed by atoms with van der Waals surface area (Å²) in [5.74, 6) is 0.658. The summed E-state index contributed by atoms with van der Waals surface area (Å²) in [7, 11) is -1.46. The van der Waals surface area contributed by atoms with Gasteiger partial charge in [0.15, 0.2) is 5.96 Å². The average molecular weight is 356 g/mol. The lowest BCUT2D eigenvalue weighted by molar-refractivity contribution is 0.586. The van der Waals surface area contributed by atoms with Gasteiger partial charge in [0.25, 0.3) is 0 Å². The van der Waals surface area contributed by atoms with E-state index in [2.05, 4.69) is 63.4 Å². The highest BCUT2D eigenvalue weighted by atomic mass is 32.2. The second-order valence-electron chi connectivity index (χ2n) is 5.51. The van der Waals surface area contributed by atoms with Crippen molar-refractivity contribution in [2.75, 3.05) is 50.9 Å². The molecule has 0 bridgehead atoms. The Balaban J connectivity index is 2.37. The standard InChI is InChI=1S/C16H29N5O2S/c1-5-21(15-8-6-7-14(2)13-15)12-11-19-16(17-3)18-9-10-20-24(4,22)23/h6-8,13,20H,5,9-12H2,1-4H3,(H2,17,18,19). The first kappa shape index (κ1) is 20.2. The number of hydrogen-bond acceptors (Lipinski definition) is 4. The predicted octanol–water partition coefficient (Wildman–Crippen LogP) is 0.536. The molecule has 0 atom stereocenters. The molecular weight excluding hydrogens is 326 g/mol. The topological polar surface area (TPSA) is 85.8 Å². The van der Waals surface area contributed by atoms with E-state index >= 15 is 0 Å². The minimum absolute atomic E-state index is 0.323. The van der Waals surface area contributed by atoms with Crippen LogP contribution in [0.2, 0.25) is 0 Å². The first-order valence-corrected chi connectivity index (χ1v) is 9.95. The average Bonchev–Trinajstić information content (AvgIpc) is 2.52. The van der Waals surface area contributed by atoms with E-state index in [4.69, 9.17) is 0 Å². The number of nitrogens with one attached hydrogen (secondary N) is 3. The molecule has 1 aromatic carbocycles. The van der Waals surface area contributed by atoms with Crippen LogP contribution in [0, 0.1) is 6.92 Å². The van der Waals surface area contributed by atoms with Gasteiger partial charge < -0.3 is 15.5 Å². The van der Waals surface area contributed by atoms with Gasteiger partial charge in [0.05, 0.1) is 6.26 Å². The summed E-state index contributed by atoms with van der Waals surface area (Å²) in [5.41, 5.74) is 2.45. The van der Waals surface area contributed by atoms with E-state index in [1.165, 1.54) is 11.3 Å². The minimum Gasteiger partial charge on any atom is -0.370 e. The van der Waals surface area contributed by atoms with Gasteiger partial charge in [-0.3, -0.25) is 4.99 Å². The van der Waals surface area contributed by atoms with Crippen LogP contribution in [-0.2, 0) is 10.0 Å². The molecule has 24 heavy (non-hydrogen) atoms. The van der Waals surface area contributed by atoms with E-state index < -0.39 is 10.0 Å². The van der Waals surface area contributed by atoms with Crippen molar-refractivity contribution in [2.45, 2.75) is 13.8 Å². The molecule has 1 aromatic rings. The molecule has 0 radical (unpaired) electrons. The summed E-state index contributed by atoms with van der Waals surface area (Å²) in [4.78, 5) is 6.42. The SMILES string of the molecule is CCN(CCNC(=NC)NCCNS(C)(=O)=O)c1cccc(C)c1. The summed E-state index contributed by atoms with van der Waals surface area (Å²) in [6.45, 7) is 7.53. The van der Waals surface area contributed by atoms with E-state index in [1.807, 2.05) is 0 Å². The number of aliphatic imine (C=N–C) groups is 1. The fourth-order valence-electron chi connectivity index (χ4n) is 2.24. The zero-order chi connectivity index (χ0) is 18.0. The lowest BCUT2D eigenvalue weighted by Gasteiger charge is -2.24. The maximum absolute atomic E-state index is 11.0. The molecule has 0 heterocycles. The van der Waals surface area contributed by atoms with Gasteiger partial charge in [-0.05, 0) is 31.5 Å². The molecule has 0 aliphatic rings. The Kier molecular flexibility index (Phi) is 8.56. The highest BCUT2D eigenvalue weighted by Gasteiger charge is 2.05. The van der Waals surface area contributed by atoms with Crippen LogP contribution in [0.3, 0.4) is 0 Å². The van der Waals surface area contributed by atoms with E-state index in [0.717, 1.165) is 25.9 Å². The van der Waals surface area contributed by atoms with Gasteiger partial charge in [0, 0.05) is 45.5 Å². The van der Waals surface area contributed by atoms with E-state index in [9.17, 15) is 8.42 Å². The molecule has 0 fully saturated rings. The number of rotatable bonds is 9. The molecule has 0 aliphatic carbocycles. The lowest BCUT2D eigenvalue weighted by atomic mass is 10.2. The third-order valence-corrected chi connectivity index (χ3v) is 4.16. The number of anilines is 1. The van der Waals surface area contributed by atoms with Gasteiger partial charge in [-0.2, -0.15) is 0 Å². The highest BCUT2D eigenvalue weighted by molar-refractivity contribution is 7.88. The molecule has 7 nitrogen and oxygen atoms in total. The van der Waals surface area contributed by atoms with Crippen molar-refractivity contribution < 1.29 is 8.42 Å². The number of nitrogens with zero attached hydrogens (tertiary/aromatic N) is 2. The molecule has 0 amide bonds. The fraction of sp³-hybridized carbons (Fsp3) is 0.562. The van der Waals surface area contributed by atoms with Crippen molar-refractivity contribution >= 4 is 21.7 Å². The Morgan fingerprint density at radius 1 is 1.21 bits per heavy atom. The van der Waals surface area contributed by atoms with Crippen LogP contribution in [0.4, 0.5) is 5.69 Å². The van der Waals surface area contributed by atoms with E-state index in [0.29, 0.717) is 19.0 Å². The molecule has 0 aliphatic heterocycles. The Labute approximate surface area is 145 Å². The monoisotopic (exact) mass is 355 g/mol. The number of aryl methyl sites for hydroxylation is 1. The first-order valence-electron chi connectivity index (χ1n) is 8.06. The van der Waals surface area contributed by atoms with E-state index in [1.54, 1.807) is 7.05 Å². The Morgan fingerprint density at radius 2 is 1.92 bits per heavy atom. The Morgan fingerprint density at radius 3 is 2.50 bits per heavy atom. The van der Waals surface area contributed by atoms with Crippen LogP contribution in [0.15, 0.2) is 29.3 Å². The van der Waals surface area contributed by atoms with Crippen LogP contribution in [0.25, 0.3) is 0 Å². The third kappa shape index (κ3) is 8.16. The minimum atomic E-state index is -3.15. The number of likely N-dealkylation sites (N-methyl/N-ethyl adjacent to an activating group) is 1. The molecule has 1 rings (SSSR count). The smallest absolute Gasteiger partial charge is 0.208 e. The fourth-order valence-corrected chi connectivity index (χ4v) is 2.71. The van der Waals surface area contributed by atoms with Gasteiger partial charge in [-0.15, -0.1) is 0 Å². The summed E-state index contributed by atoms with van der Waals surface area (Å²) in [6, 6.07) is 8.44. The molecule has 0 aromatic heterocycles. The molecule has 0 spiro atoms. The summed E-state index contributed by atoms with van der Waals surface area (Å²) >= 11 is 0. The zero-order valence-electron chi connectivity index (χ0n) is 15.0. The van der Waals surface area contributed by atoms with Crippen molar-refractivity contribution in [3.8, 4) is 0 Å². The van der Waals surface area contributed by atoms with E-state index in [-0.39, 0.29) is 0 Å². The Hall–Kier alpha value is -1.80. The maximum Gasteiger partial charge on any atom is 0.208 e. The van der Waals surface area contributed by atoms with Crippen LogP contribution < -0.4 is 20.3 Å². The van der Waals surface area contributed by atoms with Gasteiger partial charge in [-0.1, -0.05) is 12.1 Å². The number of hydrogen-bond donors (Lipinski definition) is 3. The van der Waals surface area contributed by atoms with Crippen molar-refractivity contribution in [1.82, 2.24) is 15.4 Å². The maximum atomic E-state index is 11.0. The summed E-state index contributed by atoms with van der Waals surface area (Å²) < 4.78 is 24.4. The van der Waals surface area contributed by atoms with Gasteiger partial charge >= 0.3 is 0 Å². The molecular formula is C16H29N5O2S. The molecule has 0 saturated heterocycles. The molecule has 0 unspecified atom stereocenters. The van der Waals surface area contributed by atoms with Crippen LogP contribution >= 0.6 is 0 Å². The van der Waals surface area contributed by atoms with Crippen molar-refractivity contribution in [3.05, 3.63) is 29.8 Å². The van der Waals surface area contributed by atoms with Crippen molar-refractivity contribution in [2.24, 2.45) is 4.99 Å². The second kappa shape index (κ2) is 10.1. The third-order valence-electron chi connectivity index (χ3n) is 3.43. The van der Waals surface area contributed by atoms with Gasteiger partial charge in [0.2, 0.25) is 10.0 Å². The summed E-state index contributed by atoms with van der Waals surface area (Å²) in [5, 5.41) is 6.31. The molecule has 8 heteroatoms. The highest BCUT2D eigenvalue weighted by Crippen LogP contribution is 2.14. The first-order chi connectivity index (χ1) is 11.4. The zero-order valence-corrected chi connectivity index (χ0v) is 15.8. The second-order valence-corrected chi connectivity index (χ2v) is 7.34. The molecule has 136 valence electrons. The normalized spacial score (nSPS) is 12.1. The molecule has 3 N–H and O–H groups in total.